The van der Waals surface area contributed by atoms with Gasteiger partial charge < -0.3 is 14.8 Å². The Kier molecular flexibility index (Phi) is 5.96. The van der Waals surface area contributed by atoms with Gasteiger partial charge in [-0.25, -0.2) is 0 Å². The van der Waals surface area contributed by atoms with Crippen LogP contribution in [0.25, 0.3) is 0 Å². The lowest BCUT2D eigenvalue weighted by atomic mass is 10.1. The number of ether oxygens (including phenoxy) is 2. The normalized spacial score (nSPS) is 12.0. The van der Waals surface area contributed by atoms with Crippen LogP contribution in [0.3, 0.4) is 0 Å². The van der Waals surface area contributed by atoms with Crippen molar-refractivity contribution in [1.29, 1.82) is 0 Å². The highest BCUT2D eigenvalue weighted by molar-refractivity contribution is 7.99. The molecule has 0 amide bonds. The van der Waals surface area contributed by atoms with Gasteiger partial charge >= 0.3 is 0 Å². The number of nitrogens with one attached hydrogen (secondary N) is 1. The van der Waals surface area contributed by atoms with Crippen molar-refractivity contribution in [2.24, 2.45) is 0 Å². The van der Waals surface area contributed by atoms with E-state index in [0.29, 0.717) is 0 Å². The van der Waals surface area contributed by atoms with E-state index >= 15 is 0 Å². The lowest BCUT2D eigenvalue weighted by molar-refractivity contribution is 0.392. The molecule has 112 valence electrons. The minimum atomic E-state index is 0.235. The minimum absolute atomic E-state index is 0.235. The second-order valence-corrected chi connectivity index (χ2v) is 5.70. The Morgan fingerprint density at radius 1 is 1.00 bits per heavy atom. The topological polar surface area (TPSA) is 30.5 Å². The Morgan fingerprint density at radius 3 is 2.14 bits per heavy atom. The fourth-order valence-corrected chi connectivity index (χ4v) is 3.14. The summed E-state index contributed by atoms with van der Waals surface area (Å²) in [6.45, 7) is 0. The van der Waals surface area contributed by atoms with E-state index in [2.05, 4.69) is 41.7 Å². The first-order valence-corrected chi connectivity index (χ1v) is 7.83. The molecule has 2 rings (SSSR count). The van der Waals surface area contributed by atoms with Crippen molar-refractivity contribution >= 4 is 11.8 Å². The SMILES string of the molecule is CNC(CSc1ccccc1)c1cc(OC)cc(OC)c1. The van der Waals surface area contributed by atoms with Crippen molar-refractivity contribution in [3.05, 3.63) is 54.1 Å². The third-order valence-electron chi connectivity index (χ3n) is 3.28. The Labute approximate surface area is 130 Å². The van der Waals surface area contributed by atoms with Gasteiger partial charge in [-0.2, -0.15) is 0 Å². The van der Waals surface area contributed by atoms with E-state index in [1.54, 1.807) is 14.2 Å². The number of rotatable bonds is 7. The molecule has 0 aliphatic rings. The molecule has 3 nitrogen and oxygen atoms in total. The molecule has 0 spiro atoms. The van der Waals surface area contributed by atoms with Crippen LogP contribution >= 0.6 is 11.8 Å². The predicted molar refractivity (Wildman–Crippen MR) is 88.5 cm³/mol. The number of benzene rings is 2. The second-order valence-electron chi connectivity index (χ2n) is 4.61. The summed E-state index contributed by atoms with van der Waals surface area (Å²) in [5, 5.41) is 3.36. The lowest BCUT2D eigenvalue weighted by Crippen LogP contribution is -2.18. The fourth-order valence-electron chi connectivity index (χ4n) is 2.07. The fraction of sp³-hybridized carbons (Fsp3) is 0.294. The van der Waals surface area contributed by atoms with Crippen molar-refractivity contribution in [1.82, 2.24) is 5.32 Å². The highest BCUT2D eigenvalue weighted by Gasteiger charge is 2.12. The summed E-state index contributed by atoms with van der Waals surface area (Å²) in [6.07, 6.45) is 0. The van der Waals surface area contributed by atoms with Gasteiger partial charge in [0.1, 0.15) is 11.5 Å². The van der Waals surface area contributed by atoms with Crippen molar-refractivity contribution < 1.29 is 9.47 Å². The summed E-state index contributed by atoms with van der Waals surface area (Å²) in [7, 11) is 5.32. The largest absolute Gasteiger partial charge is 0.497 e. The summed E-state index contributed by atoms with van der Waals surface area (Å²) < 4.78 is 10.7. The van der Waals surface area contributed by atoms with Crippen molar-refractivity contribution in [3.63, 3.8) is 0 Å². The zero-order chi connectivity index (χ0) is 15.1. The molecule has 0 aromatic heterocycles. The average molecular weight is 303 g/mol. The van der Waals surface area contributed by atoms with Crippen molar-refractivity contribution in [2.45, 2.75) is 10.9 Å². The number of thioether (sulfide) groups is 1. The molecule has 1 unspecified atom stereocenters. The molecular weight excluding hydrogens is 282 g/mol. The molecule has 4 heteroatoms. The van der Waals surface area contributed by atoms with Crippen molar-refractivity contribution in [2.75, 3.05) is 27.0 Å². The molecular formula is C17H21NO2S. The van der Waals surface area contributed by atoms with Crippen LogP contribution in [0.5, 0.6) is 11.5 Å². The summed E-state index contributed by atoms with van der Waals surface area (Å²) in [5.74, 6) is 2.57. The van der Waals surface area contributed by atoms with Crippen LogP contribution in [0, 0.1) is 0 Å². The highest BCUT2D eigenvalue weighted by Crippen LogP contribution is 2.29. The summed E-state index contributed by atoms with van der Waals surface area (Å²) in [5.41, 5.74) is 1.16. The molecule has 0 radical (unpaired) electrons. The van der Waals surface area contributed by atoms with Gasteiger partial charge in [-0.1, -0.05) is 18.2 Å². The van der Waals surface area contributed by atoms with Crippen LogP contribution in [0.15, 0.2) is 53.4 Å². The second kappa shape index (κ2) is 7.96. The smallest absolute Gasteiger partial charge is 0.122 e. The number of methoxy groups -OCH3 is 2. The summed E-state index contributed by atoms with van der Waals surface area (Å²) in [6, 6.07) is 16.6. The van der Waals surface area contributed by atoms with E-state index < -0.39 is 0 Å². The standard InChI is InChI=1S/C17H21NO2S/c1-18-17(12-21-16-7-5-4-6-8-16)13-9-14(19-2)11-15(10-13)20-3/h4-11,17-18H,12H2,1-3H3. The van der Waals surface area contributed by atoms with Crippen LogP contribution < -0.4 is 14.8 Å². The Bertz CT molecular complexity index is 538. The van der Waals surface area contributed by atoms with Crippen LogP contribution in [0.1, 0.15) is 11.6 Å². The van der Waals surface area contributed by atoms with E-state index in [-0.39, 0.29) is 6.04 Å². The van der Waals surface area contributed by atoms with Gasteiger partial charge in [0.05, 0.1) is 14.2 Å². The molecule has 2 aromatic rings. The van der Waals surface area contributed by atoms with Gasteiger partial charge in [-0.3, -0.25) is 0 Å². The third kappa shape index (κ3) is 4.41. The van der Waals surface area contributed by atoms with Crippen molar-refractivity contribution in [3.8, 4) is 11.5 Å². The van der Waals surface area contributed by atoms with Crippen LogP contribution in [0.2, 0.25) is 0 Å². The molecule has 0 heterocycles. The monoisotopic (exact) mass is 303 g/mol. The Hall–Kier alpha value is -1.65. The van der Waals surface area contributed by atoms with Gasteiger partial charge in [0.15, 0.2) is 0 Å². The number of hydrogen-bond acceptors (Lipinski definition) is 4. The lowest BCUT2D eigenvalue weighted by Gasteiger charge is -2.18. The van der Waals surface area contributed by atoms with E-state index in [9.17, 15) is 0 Å². The predicted octanol–water partition coefficient (Wildman–Crippen LogP) is 3.76. The Balaban J connectivity index is 2.13. The molecule has 0 saturated carbocycles. The van der Waals surface area contributed by atoms with E-state index in [4.69, 9.17) is 9.47 Å². The van der Waals surface area contributed by atoms with Crippen LogP contribution in [-0.4, -0.2) is 27.0 Å². The number of hydrogen-bond donors (Lipinski definition) is 1. The molecule has 0 bridgehead atoms. The zero-order valence-electron chi connectivity index (χ0n) is 12.6. The van der Waals surface area contributed by atoms with Gasteiger partial charge in [0.2, 0.25) is 0 Å². The first-order chi connectivity index (χ1) is 10.3. The maximum atomic E-state index is 5.34. The van der Waals surface area contributed by atoms with Crippen LogP contribution in [-0.2, 0) is 0 Å². The zero-order valence-corrected chi connectivity index (χ0v) is 13.4. The van der Waals surface area contributed by atoms with E-state index in [1.165, 1.54) is 4.90 Å². The van der Waals surface area contributed by atoms with Crippen LogP contribution in [0.4, 0.5) is 0 Å². The maximum absolute atomic E-state index is 5.34. The summed E-state index contributed by atoms with van der Waals surface area (Å²) >= 11 is 1.83. The molecule has 1 atom stereocenters. The van der Waals surface area contributed by atoms with Gasteiger partial charge in [0.25, 0.3) is 0 Å². The molecule has 0 fully saturated rings. The van der Waals surface area contributed by atoms with E-state index in [0.717, 1.165) is 22.8 Å². The first-order valence-electron chi connectivity index (χ1n) is 6.85. The molecule has 21 heavy (non-hydrogen) atoms. The molecule has 2 aromatic carbocycles. The van der Waals surface area contributed by atoms with Gasteiger partial charge in [-0.05, 0) is 36.9 Å². The van der Waals surface area contributed by atoms with Gasteiger partial charge in [0, 0.05) is 22.8 Å². The maximum Gasteiger partial charge on any atom is 0.122 e. The first kappa shape index (κ1) is 15.7. The minimum Gasteiger partial charge on any atom is -0.497 e. The quantitative estimate of drug-likeness (QED) is 0.789. The molecule has 1 N–H and O–H groups in total. The molecule has 0 aliphatic carbocycles. The summed E-state index contributed by atoms with van der Waals surface area (Å²) in [4.78, 5) is 1.27. The Morgan fingerprint density at radius 2 is 1.62 bits per heavy atom. The highest BCUT2D eigenvalue weighted by atomic mass is 32.2. The molecule has 0 aliphatic heterocycles. The average Bonchev–Trinajstić information content (AvgIpc) is 2.56. The van der Waals surface area contributed by atoms with Gasteiger partial charge in [-0.15, -0.1) is 11.8 Å². The van der Waals surface area contributed by atoms with E-state index in [1.807, 2.05) is 30.9 Å². The molecule has 0 saturated heterocycles. The third-order valence-corrected chi connectivity index (χ3v) is 4.39.